The molecular weight excluding hydrogens is 202 g/mol. The van der Waals surface area contributed by atoms with Crippen LogP contribution in [-0.2, 0) is 6.42 Å². The zero-order valence-corrected chi connectivity index (χ0v) is 9.28. The lowest BCUT2D eigenvalue weighted by atomic mass is 9.81. The molecule has 1 spiro atoms. The van der Waals surface area contributed by atoms with E-state index in [0.29, 0.717) is 0 Å². The zero-order valence-electron chi connectivity index (χ0n) is 9.28. The highest BCUT2D eigenvalue weighted by atomic mass is 16.5. The summed E-state index contributed by atoms with van der Waals surface area (Å²) in [5, 5.41) is 13.6. The van der Waals surface area contributed by atoms with E-state index in [4.69, 9.17) is 4.74 Å². The highest BCUT2D eigenvalue weighted by Crippen LogP contribution is 2.38. The summed E-state index contributed by atoms with van der Waals surface area (Å²) >= 11 is 0. The van der Waals surface area contributed by atoms with Crippen molar-refractivity contribution in [2.24, 2.45) is 0 Å². The molecule has 1 saturated heterocycles. The van der Waals surface area contributed by atoms with Crippen LogP contribution in [0.1, 0.15) is 18.4 Å². The molecule has 3 heteroatoms. The molecule has 0 bridgehead atoms. The van der Waals surface area contributed by atoms with Crippen LogP contribution in [0.2, 0.25) is 0 Å². The monoisotopic (exact) mass is 219 g/mol. The van der Waals surface area contributed by atoms with Crippen molar-refractivity contribution in [3.8, 4) is 5.75 Å². The minimum absolute atomic E-state index is 0.348. The average Bonchev–Trinajstić information content (AvgIpc) is 2.32. The van der Waals surface area contributed by atoms with E-state index in [1.54, 1.807) is 0 Å². The van der Waals surface area contributed by atoms with Gasteiger partial charge in [0.2, 0.25) is 0 Å². The smallest absolute Gasteiger partial charge is 0.137 e. The number of nitrogens with one attached hydrogen (secondary N) is 1. The maximum absolute atomic E-state index is 10.3. The molecular formula is C13H17NO2. The molecule has 0 radical (unpaired) electrons. The van der Waals surface area contributed by atoms with Crippen LogP contribution in [0.4, 0.5) is 0 Å². The highest BCUT2D eigenvalue weighted by molar-refractivity contribution is 5.37. The molecule has 1 fully saturated rings. The number of ether oxygens (including phenoxy) is 1. The minimum Gasteiger partial charge on any atom is -0.484 e. The lowest BCUT2D eigenvalue weighted by molar-refractivity contribution is -0.0841. The summed E-state index contributed by atoms with van der Waals surface area (Å²) in [6.07, 6.45) is 2.13. The number of para-hydroxylation sites is 1. The molecule has 2 N–H and O–H groups in total. The van der Waals surface area contributed by atoms with Crippen LogP contribution >= 0.6 is 0 Å². The Balaban J connectivity index is 1.93. The topological polar surface area (TPSA) is 41.5 Å². The van der Waals surface area contributed by atoms with Crippen molar-refractivity contribution in [2.75, 3.05) is 13.1 Å². The minimum atomic E-state index is -0.371. The van der Waals surface area contributed by atoms with Crippen LogP contribution in [0.3, 0.4) is 0 Å². The Kier molecular flexibility index (Phi) is 2.37. The van der Waals surface area contributed by atoms with Crippen molar-refractivity contribution in [3.05, 3.63) is 29.8 Å². The van der Waals surface area contributed by atoms with Gasteiger partial charge in [-0.05, 0) is 24.7 Å². The van der Waals surface area contributed by atoms with Crippen LogP contribution in [-0.4, -0.2) is 29.9 Å². The van der Waals surface area contributed by atoms with Gasteiger partial charge in [0.05, 0.1) is 6.10 Å². The molecule has 86 valence electrons. The number of fused-ring (bicyclic) bond motifs is 1. The highest BCUT2D eigenvalue weighted by Gasteiger charge is 2.44. The summed E-state index contributed by atoms with van der Waals surface area (Å²) in [5.74, 6) is 0.953. The molecule has 2 aliphatic heterocycles. The van der Waals surface area contributed by atoms with Crippen LogP contribution in [0, 0.1) is 0 Å². The third-order valence-electron chi connectivity index (χ3n) is 3.76. The molecule has 0 aliphatic carbocycles. The van der Waals surface area contributed by atoms with E-state index in [-0.39, 0.29) is 11.7 Å². The van der Waals surface area contributed by atoms with E-state index < -0.39 is 0 Å². The van der Waals surface area contributed by atoms with Gasteiger partial charge in [0, 0.05) is 19.3 Å². The Morgan fingerprint density at radius 3 is 2.81 bits per heavy atom. The fourth-order valence-electron chi connectivity index (χ4n) is 2.74. The molecule has 3 nitrogen and oxygen atoms in total. The quantitative estimate of drug-likeness (QED) is 0.686. The molecule has 16 heavy (non-hydrogen) atoms. The first-order valence-corrected chi connectivity index (χ1v) is 5.96. The first-order chi connectivity index (χ1) is 7.80. The Hall–Kier alpha value is -1.06. The molecule has 2 aliphatic rings. The predicted molar refractivity (Wildman–Crippen MR) is 61.6 cm³/mol. The maximum Gasteiger partial charge on any atom is 0.137 e. The van der Waals surface area contributed by atoms with Crippen molar-refractivity contribution in [1.29, 1.82) is 0 Å². The number of benzene rings is 1. The van der Waals surface area contributed by atoms with E-state index in [9.17, 15) is 5.11 Å². The zero-order chi connectivity index (χ0) is 11.0. The first kappa shape index (κ1) is 10.1. The van der Waals surface area contributed by atoms with Crippen LogP contribution in [0.25, 0.3) is 0 Å². The molecule has 1 aromatic carbocycles. The van der Waals surface area contributed by atoms with Gasteiger partial charge in [-0.15, -0.1) is 0 Å². The van der Waals surface area contributed by atoms with E-state index in [1.807, 2.05) is 24.3 Å². The fraction of sp³-hybridized carbons (Fsp3) is 0.538. The van der Waals surface area contributed by atoms with Gasteiger partial charge in [-0.25, -0.2) is 0 Å². The van der Waals surface area contributed by atoms with Gasteiger partial charge in [0.25, 0.3) is 0 Å². The second-order valence-electron chi connectivity index (χ2n) is 4.74. The van der Waals surface area contributed by atoms with Crippen LogP contribution in [0.15, 0.2) is 24.3 Å². The van der Waals surface area contributed by atoms with Crippen LogP contribution in [0.5, 0.6) is 5.75 Å². The predicted octanol–water partition coefficient (Wildman–Crippen LogP) is 1.10. The number of hydrogen-bond donors (Lipinski definition) is 2. The van der Waals surface area contributed by atoms with Gasteiger partial charge in [-0.1, -0.05) is 18.2 Å². The van der Waals surface area contributed by atoms with E-state index in [0.717, 1.165) is 43.7 Å². The van der Waals surface area contributed by atoms with Crippen molar-refractivity contribution in [1.82, 2.24) is 5.32 Å². The van der Waals surface area contributed by atoms with Gasteiger partial charge in [-0.3, -0.25) is 0 Å². The summed E-state index contributed by atoms with van der Waals surface area (Å²) in [6.45, 7) is 1.86. The van der Waals surface area contributed by atoms with E-state index in [2.05, 4.69) is 5.32 Å². The Labute approximate surface area is 95.4 Å². The number of hydrogen-bond acceptors (Lipinski definition) is 3. The number of aliphatic hydroxyl groups excluding tert-OH is 1. The molecule has 1 atom stereocenters. The number of piperidine rings is 1. The number of aliphatic hydroxyl groups is 1. The number of rotatable bonds is 0. The molecule has 2 heterocycles. The average molecular weight is 219 g/mol. The largest absolute Gasteiger partial charge is 0.484 e. The lowest BCUT2D eigenvalue weighted by Crippen LogP contribution is -2.56. The Morgan fingerprint density at radius 2 is 2.00 bits per heavy atom. The summed E-state index contributed by atoms with van der Waals surface area (Å²) in [7, 11) is 0. The van der Waals surface area contributed by atoms with E-state index >= 15 is 0 Å². The SMILES string of the molecule is OC1Cc2ccccc2OC12CCNCC2. The van der Waals surface area contributed by atoms with Crippen molar-refractivity contribution in [3.63, 3.8) is 0 Å². The third-order valence-corrected chi connectivity index (χ3v) is 3.76. The third kappa shape index (κ3) is 1.51. The van der Waals surface area contributed by atoms with Gasteiger partial charge in [0.15, 0.2) is 0 Å². The van der Waals surface area contributed by atoms with Crippen molar-refractivity contribution in [2.45, 2.75) is 31.0 Å². The standard InChI is InChI=1S/C13H17NO2/c15-12-9-10-3-1-2-4-11(10)16-13(12)5-7-14-8-6-13/h1-4,12,14-15H,5-9H2. The van der Waals surface area contributed by atoms with Gasteiger partial charge >= 0.3 is 0 Å². The molecule has 0 aromatic heterocycles. The van der Waals surface area contributed by atoms with Crippen molar-refractivity contribution >= 4 is 0 Å². The Bertz CT molecular complexity index is 385. The van der Waals surface area contributed by atoms with E-state index in [1.165, 1.54) is 0 Å². The van der Waals surface area contributed by atoms with Crippen molar-refractivity contribution < 1.29 is 9.84 Å². The summed E-state index contributed by atoms with van der Waals surface area (Å²) in [6, 6.07) is 8.03. The fourth-order valence-corrected chi connectivity index (χ4v) is 2.74. The summed E-state index contributed by atoms with van der Waals surface area (Å²) in [4.78, 5) is 0. The molecule has 1 unspecified atom stereocenters. The molecule has 0 amide bonds. The van der Waals surface area contributed by atoms with Gasteiger partial charge in [-0.2, -0.15) is 0 Å². The first-order valence-electron chi connectivity index (χ1n) is 5.96. The second kappa shape index (κ2) is 3.75. The van der Waals surface area contributed by atoms with Crippen LogP contribution < -0.4 is 10.1 Å². The summed E-state index contributed by atoms with van der Waals surface area (Å²) in [5.41, 5.74) is 0.777. The van der Waals surface area contributed by atoms with Gasteiger partial charge < -0.3 is 15.2 Å². The summed E-state index contributed by atoms with van der Waals surface area (Å²) < 4.78 is 6.08. The lowest BCUT2D eigenvalue weighted by Gasteiger charge is -2.44. The molecule has 1 aromatic rings. The Morgan fingerprint density at radius 1 is 1.25 bits per heavy atom. The molecule has 3 rings (SSSR count). The second-order valence-corrected chi connectivity index (χ2v) is 4.74. The van der Waals surface area contributed by atoms with Gasteiger partial charge in [0.1, 0.15) is 11.4 Å². The normalized spacial score (nSPS) is 27.2. The molecule has 0 saturated carbocycles. The maximum atomic E-state index is 10.3.